The summed E-state index contributed by atoms with van der Waals surface area (Å²) in [7, 11) is 1.59. The molecule has 0 amide bonds. The fourth-order valence-electron chi connectivity index (χ4n) is 3.27. The van der Waals surface area contributed by atoms with Gasteiger partial charge in [-0.3, -0.25) is 4.79 Å². The number of aryl methyl sites for hydroxylation is 1. The van der Waals surface area contributed by atoms with Gasteiger partial charge in [0.1, 0.15) is 0 Å². The van der Waals surface area contributed by atoms with Crippen LogP contribution in [0.2, 0.25) is 0 Å². The summed E-state index contributed by atoms with van der Waals surface area (Å²) in [6, 6.07) is 6.29. The van der Waals surface area contributed by atoms with Crippen molar-refractivity contribution in [3.63, 3.8) is 0 Å². The largest absolute Gasteiger partial charge is 0.381 e. The first kappa shape index (κ1) is 18.4. The van der Waals surface area contributed by atoms with Crippen LogP contribution in [-0.4, -0.2) is 30.7 Å². The van der Waals surface area contributed by atoms with E-state index >= 15 is 0 Å². The molecule has 4 heteroatoms. The minimum atomic E-state index is -0.891. The van der Waals surface area contributed by atoms with Gasteiger partial charge in [-0.2, -0.15) is 0 Å². The van der Waals surface area contributed by atoms with Crippen LogP contribution in [0.1, 0.15) is 38.8 Å². The van der Waals surface area contributed by atoms with Crippen molar-refractivity contribution >= 4 is 21.7 Å². The van der Waals surface area contributed by atoms with E-state index in [1.165, 1.54) is 11.1 Å². The van der Waals surface area contributed by atoms with E-state index in [4.69, 9.17) is 9.47 Å². The molecule has 1 aromatic rings. The SMILES string of the molecule is CCc1cc(Br)ccc1C/C=C1/C(=O)C(C)(COC)OC1(C)C. The van der Waals surface area contributed by atoms with E-state index in [1.54, 1.807) is 14.0 Å². The van der Waals surface area contributed by atoms with Crippen LogP contribution in [-0.2, 0) is 27.1 Å². The summed E-state index contributed by atoms with van der Waals surface area (Å²) in [6.45, 7) is 8.10. The summed E-state index contributed by atoms with van der Waals surface area (Å²) in [4.78, 5) is 12.8. The maximum Gasteiger partial charge on any atom is 0.195 e. The van der Waals surface area contributed by atoms with E-state index in [2.05, 4.69) is 35.0 Å². The van der Waals surface area contributed by atoms with Crippen molar-refractivity contribution in [2.24, 2.45) is 0 Å². The second-order valence-electron chi connectivity index (χ2n) is 6.69. The number of benzene rings is 1. The summed E-state index contributed by atoms with van der Waals surface area (Å²) in [5, 5.41) is 0. The molecule has 0 aromatic heterocycles. The predicted molar refractivity (Wildman–Crippen MR) is 95.8 cm³/mol. The molecule has 1 saturated heterocycles. The maximum absolute atomic E-state index is 12.8. The van der Waals surface area contributed by atoms with E-state index in [0.29, 0.717) is 0 Å². The predicted octanol–water partition coefficient (Wildman–Crippen LogP) is 4.26. The third-order valence-corrected chi connectivity index (χ3v) is 4.84. The smallest absolute Gasteiger partial charge is 0.195 e. The standard InChI is InChI=1S/C19H25BrO3/c1-6-13-11-15(20)9-7-14(13)8-10-16-17(21)19(4,12-22-5)23-18(16,2)3/h7,9-11H,6,8,12H2,1-5H3/b16-10-. The lowest BCUT2D eigenvalue weighted by Gasteiger charge is -2.25. The van der Waals surface area contributed by atoms with Gasteiger partial charge in [-0.05, 0) is 56.9 Å². The van der Waals surface area contributed by atoms with Gasteiger partial charge in [-0.25, -0.2) is 0 Å². The zero-order chi connectivity index (χ0) is 17.3. The zero-order valence-corrected chi connectivity index (χ0v) is 16.1. The van der Waals surface area contributed by atoms with Crippen LogP contribution in [0, 0.1) is 0 Å². The highest BCUT2D eigenvalue weighted by Gasteiger charge is 2.52. The Hall–Kier alpha value is -0.970. The highest BCUT2D eigenvalue weighted by atomic mass is 79.9. The van der Waals surface area contributed by atoms with E-state index in [1.807, 2.05) is 26.0 Å². The van der Waals surface area contributed by atoms with Crippen LogP contribution in [0.3, 0.4) is 0 Å². The average molecular weight is 381 g/mol. The highest BCUT2D eigenvalue weighted by molar-refractivity contribution is 9.10. The molecule has 1 heterocycles. The number of Topliss-reactive ketones (excluding diaryl/α,β-unsaturated/α-hetero) is 1. The first-order valence-electron chi connectivity index (χ1n) is 7.95. The maximum atomic E-state index is 12.8. The van der Waals surface area contributed by atoms with Gasteiger partial charge in [-0.15, -0.1) is 0 Å². The average Bonchev–Trinajstić information content (AvgIpc) is 2.64. The topological polar surface area (TPSA) is 35.5 Å². The molecule has 0 saturated carbocycles. The summed E-state index contributed by atoms with van der Waals surface area (Å²) < 4.78 is 12.3. The molecule has 1 fully saturated rings. The van der Waals surface area contributed by atoms with Gasteiger partial charge < -0.3 is 9.47 Å². The summed E-state index contributed by atoms with van der Waals surface area (Å²) in [5.74, 6) is 0.0273. The number of carbonyl (C=O) groups excluding carboxylic acids is 1. The Morgan fingerprint density at radius 2 is 1.96 bits per heavy atom. The molecule has 0 spiro atoms. The third-order valence-electron chi connectivity index (χ3n) is 4.35. The number of allylic oxidation sites excluding steroid dienone is 1. The minimum absolute atomic E-state index is 0.0273. The monoisotopic (exact) mass is 380 g/mol. The van der Waals surface area contributed by atoms with Gasteiger partial charge in [0.05, 0.1) is 12.2 Å². The van der Waals surface area contributed by atoms with E-state index in [9.17, 15) is 4.79 Å². The van der Waals surface area contributed by atoms with Crippen LogP contribution in [0.25, 0.3) is 0 Å². The van der Waals surface area contributed by atoms with Crippen molar-refractivity contribution in [1.29, 1.82) is 0 Å². The van der Waals surface area contributed by atoms with Crippen LogP contribution in [0.15, 0.2) is 34.3 Å². The molecule has 0 radical (unpaired) electrons. The van der Waals surface area contributed by atoms with Crippen molar-refractivity contribution in [3.8, 4) is 0 Å². The van der Waals surface area contributed by atoms with Gasteiger partial charge in [0.25, 0.3) is 0 Å². The van der Waals surface area contributed by atoms with Crippen molar-refractivity contribution in [2.45, 2.75) is 51.7 Å². The Bertz CT molecular complexity index is 634. The van der Waals surface area contributed by atoms with Crippen molar-refractivity contribution < 1.29 is 14.3 Å². The molecular formula is C19H25BrO3. The van der Waals surface area contributed by atoms with E-state index < -0.39 is 11.2 Å². The number of methoxy groups -OCH3 is 1. The Kier molecular flexibility index (Phi) is 5.49. The number of hydrogen-bond acceptors (Lipinski definition) is 3. The van der Waals surface area contributed by atoms with E-state index in [0.717, 1.165) is 22.9 Å². The first-order valence-corrected chi connectivity index (χ1v) is 8.74. The Balaban J connectivity index is 2.30. The molecular weight excluding hydrogens is 356 g/mol. The van der Waals surface area contributed by atoms with Gasteiger partial charge >= 0.3 is 0 Å². The molecule has 1 aliphatic rings. The van der Waals surface area contributed by atoms with Crippen molar-refractivity contribution in [3.05, 3.63) is 45.4 Å². The fourth-order valence-corrected chi connectivity index (χ4v) is 3.67. The number of ketones is 1. The molecule has 2 rings (SSSR count). The van der Waals surface area contributed by atoms with Crippen LogP contribution in [0.4, 0.5) is 0 Å². The van der Waals surface area contributed by atoms with Crippen molar-refractivity contribution in [2.75, 3.05) is 13.7 Å². The zero-order valence-electron chi connectivity index (χ0n) is 14.5. The van der Waals surface area contributed by atoms with Crippen LogP contribution >= 0.6 is 15.9 Å². The normalized spacial score (nSPS) is 25.3. The molecule has 0 N–H and O–H groups in total. The Labute approximate surface area is 147 Å². The van der Waals surface area contributed by atoms with Crippen LogP contribution in [0.5, 0.6) is 0 Å². The Morgan fingerprint density at radius 1 is 1.26 bits per heavy atom. The number of carbonyl (C=O) groups is 1. The lowest BCUT2D eigenvalue weighted by Crippen LogP contribution is -2.38. The van der Waals surface area contributed by atoms with Gasteiger partial charge in [0, 0.05) is 17.2 Å². The van der Waals surface area contributed by atoms with Crippen molar-refractivity contribution in [1.82, 2.24) is 0 Å². The molecule has 23 heavy (non-hydrogen) atoms. The number of ether oxygens (including phenoxy) is 2. The molecule has 3 nitrogen and oxygen atoms in total. The summed E-state index contributed by atoms with van der Waals surface area (Å²) >= 11 is 3.51. The second kappa shape index (κ2) is 6.88. The molecule has 1 atom stereocenters. The quantitative estimate of drug-likeness (QED) is 0.715. The molecule has 0 bridgehead atoms. The van der Waals surface area contributed by atoms with E-state index in [-0.39, 0.29) is 12.4 Å². The molecule has 0 aliphatic carbocycles. The lowest BCUT2D eigenvalue weighted by atomic mass is 9.90. The minimum Gasteiger partial charge on any atom is -0.381 e. The fraction of sp³-hybridized carbons (Fsp3) is 0.526. The van der Waals surface area contributed by atoms with Gasteiger partial charge in [0.2, 0.25) is 0 Å². The number of rotatable bonds is 5. The first-order chi connectivity index (χ1) is 10.7. The molecule has 1 aromatic carbocycles. The summed E-state index contributed by atoms with van der Waals surface area (Å²) in [6.07, 6.45) is 3.71. The summed E-state index contributed by atoms with van der Waals surface area (Å²) in [5.41, 5.74) is 1.79. The molecule has 126 valence electrons. The number of halogens is 1. The lowest BCUT2D eigenvalue weighted by molar-refractivity contribution is -0.143. The van der Waals surface area contributed by atoms with Crippen LogP contribution < -0.4 is 0 Å². The second-order valence-corrected chi connectivity index (χ2v) is 7.61. The van der Waals surface area contributed by atoms with Gasteiger partial charge in [0.15, 0.2) is 11.4 Å². The Morgan fingerprint density at radius 3 is 2.57 bits per heavy atom. The molecule has 1 unspecified atom stereocenters. The third kappa shape index (κ3) is 3.76. The number of hydrogen-bond donors (Lipinski definition) is 0. The highest BCUT2D eigenvalue weighted by Crippen LogP contribution is 2.39. The molecule has 1 aliphatic heterocycles. The van der Waals surface area contributed by atoms with Gasteiger partial charge in [-0.1, -0.05) is 35.0 Å².